The molecular weight excluding hydrogens is 749 g/mol. The van der Waals surface area contributed by atoms with Crippen molar-refractivity contribution in [3.05, 3.63) is 47.6 Å². The summed E-state index contributed by atoms with van der Waals surface area (Å²) in [6.07, 6.45) is 19.3. The largest absolute Gasteiger partial charge is 0.462 e. The van der Waals surface area contributed by atoms with Crippen LogP contribution < -0.4 is 0 Å². The quantitative estimate of drug-likeness (QED) is 0.145. The lowest BCUT2D eigenvalue weighted by molar-refractivity contribution is -0.166. The number of cyclic esters (lactones) is 2. The molecule has 0 bridgehead atoms. The van der Waals surface area contributed by atoms with Crippen molar-refractivity contribution >= 4 is 23.9 Å². The molecule has 2 N–H and O–H groups in total. The molecule has 4 aliphatic carbocycles. The Morgan fingerprint density at radius 3 is 1.58 bits per heavy atom. The van der Waals surface area contributed by atoms with Gasteiger partial charge in [0.25, 0.3) is 0 Å². The molecule has 0 amide bonds. The van der Waals surface area contributed by atoms with Crippen molar-refractivity contribution in [3.63, 3.8) is 0 Å². The van der Waals surface area contributed by atoms with Gasteiger partial charge in [-0.1, -0.05) is 84.9 Å². The Hall–Kier alpha value is -3.24. The normalized spacial score (nSPS) is 37.2. The number of allylic oxidation sites excluding steroid dienone is 6. The number of hydrogen-bond donors (Lipinski definition) is 2. The smallest absolute Gasteiger partial charge is 0.311 e. The molecule has 2 fully saturated rings. The molecule has 6 aliphatic rings. The number of aliphatic hydroxyl groups is 2. The fourth-order valence-corrected chi connectivity index (χ4v) is 10.1. The molecule has 10 nitrogen and oxygen atoms in total. The lowest BCUT2D eigenvalue weighted by Gasteiger charge is -2.44. The van der Waals surface area contributed by atoms with Gasteiger partial charge in [0, 0.05) is 24.7 Å². The van der Waals surface area contributed by atoms with Gasteiger partial charge >= 0.3 is 23.9 Å². The van der Waals surface area contributed by atoms with E-state index in [9.17, 15) is 29.4 Å². The van der Waals surface area contributed by atoms with Crippen LogP contribution in [0.1, 0.15) is 139 Å². The van der Waals surface area contributed by atoms with Gasteiger partial charge in [-0.25, -0.2) is 0 Å². The molecule has 330 valence electrons. The number of carbonyl (C=O) groups is 4. The molecule has 0 spiro atoms. The Balaban J connectivity index is 0.000000224. The second-order valence-electron chi connectivity index (χ2n) is 19.6. The van der Waals surface area contributed by atoms with Crippen molar-refractivity contribution in [3.8, 4) is 0 Å². The van der Waals surface area contributed by atoms with Gasteiger partial charge in [0.2, 0.25) is 0 Å². The van der Waals surface area contributed by atoms with Crippen LogP contribution in [0.5, 0.6) is 0 Å². The van der Waals surface area contributed by atoms with E-state index in [1.807, 2.05) is 34.6 Å². The van der Waals surface area contributed by atoms with E-state index in [1.54, 1.807) is 0 Å². The highest BCUT2D eigenvalue weighted by atomic mass is 16.6. The second-order valence-corrected chi connectivity index (χ2v) is 19.6. The first-order chi connectivity index (χ1) is 27.9. The number of fused-ring (bicyclic) bond motifs is 2. The number of carbonyl (C=O) groups excluding carboxylic acids is 4. The highest BCUT2D eigenvalue weighted by Gasteiger charge is 2.44. The third-order valence-electron chi connectivity index (χ3n) is 14.3. The van der Waals surface area contributed by atoms with Gasteiger partial charge in [-0.2, -0.15) is 0 Å². The summed E-state index contributed by atoms with van der Waals surface area (Å²) >= 11 is 0. The van der Waals surface area contributed by atoms with E-state index in [-0.39, 0.29) is 78.9 Å². The third-order valence-corrected chi connectivity index (χ3v) is 14.3. The molecule has 0 radical (unpaired) electrons. The van der Waals surface area contributed by atoms with Crippen molar-refractivity contribution in [2.45, 2.75) is 176 Å². The minimum atomic E-state index is -0.601. The third kappa shape index (κ3) is 12.2. The van der Waals surface area contributed by atoms with Crippen LogP contribution in [0, 0.1) is 58.7 Å². The standard InChI is InChI=1S/C25H38O5.C24H36O5/c1-6-25(4,5)24(28)30-21-12-15(2)11-17-8-7-16(3)20(23(17)21)10-9-19-13-18(26)14-22(27)29-19;1-5-15(3)24(27)29-21-11-14(2)10-17-7-6-16(4)20(23(17)21)9-8-19-12-18(25)13-22(26)28-19/h7-8,11,15-16,18-21,23,26H,6,9-10,12-14H2,1-5H3;6-7,10,14-16,18-21,23,25H,5,8-9,11-13H2,1-4H3/t15-,16-,18-,19+,20-,21-,23?;14-,15-,16-,18-,19+,20-,21-,23?/m00/s1. The zero-order valence-electron chi connectivity index (χ0n) is 37.3. The Morgan fingerprint density at radius 2 is 1.17 bits per heavy atom. The molecule has 0 saturated carbocycles. The molecule has 2 unspecified atom stereocenters. The van der Waals surface area contributed by atoms with E-state index in [0.717, 1.165) is 51.4 Å². The minimum Gasteiger partial charge on any atom is -0.462 e. The lowest BCUT2D eigenvalue weighted by atomic mass is 9.65. The molecule has 15 atom stereocenters. The van der Waals surface area contributed by atoms with Crippen LogP contribution >= 0.6 is 0 Å². The van der Waals surface area contributed by atoms with E-state index >= 15 is 0 Å². The zero-order chi connectivity index (χ0) is 43.2. The van der Waals surface area contributed by atoms with Crippen LogP contribution in [-0.2, 0) is 38.1 Å². The van der Waals surface area contributed by atoms with Gasteiger partial charge in [0.15, 0.2) is 0 Å². The van der Waals surface area contributed by atoms with Crippen molar-refractivity contribution < 1.29 is 48.3 Å². The Bertz CT molecular complexity index is 1610. The molecule has 10 heteroatoms. The number of hydrogen-bond acceptors (Lipinski definition) is 10. The Labute approximate surface area is 353 Å². The van der Waals surface area contributed by atoms with Crippen molar-refractivity contribution in [2.75, 3.05) is 0 Å². The van der Waals surface area contributed by atoms with E-state index in [0.29, 0.717) is 48.3 Å². The van der Waals surface area contributed by atoms with Crippen LogP contribution in [-0.4, -0.2) is 70.7 Å². The van der Waals surface area contributed by atoms with Crippen LogP contribution in [0.25, 0.3) is 0 Å². The first-order valence-corrected chi connectivity index (χ1v) is 22.8. The van der Waals surface area contributed by atoms with Crippen LogP contribution in [0.2, 0.25) is 0 Å². The summed E-state index contributed by atoms with van der Waals surface area (Å²) in [5.74, 6) is 1.53. The summed E-state index contributed by atoms with van der Waals surface area (Å²) < 4.78 is 23.1. The maximum Gasteiger partial charge on any atom is 0.311 e. The predicted molar refractivity (Wildman–Crippen MR) is 226 cm³/mol. The fourth-order valence-electron chi connectivity index (χ4n) is 10.1. The molecule has 0 aromatic heterocycles. The molecule has 59 heavy (non-hydrogen) atoms. The maximum atomic E-state index is 12.9. The van der Waals surface area contributed by atoms with E-state index < -0.39 is 17.6 Å². The molecule has 6 rings (SSSR count). The monoisotopic (exact) mass is 823 g/mol. The van der Waals surface area contributed by atoms with Gasteiger partial charge in [0.1, 0.15) is 24.4 Å². The number of ether oxygens (including phenoxy) is 4. The fraction of sp³-hybridized carbons (Fsp3) is 0.755. The first-order valence-electron chi connectivity index (χ1n) is 22.8. The second kappa shape index (κ2) is 20.5. The summed E-state index contributed by atoms with van der Waals surface area (Å²) in [7, 11) is 0. The number of esters is 4. The summed E-state index contributed by atoms with van der Waals surface area (Å²) in [6, 6.07) is 0. The maximum absolute atomic E-state index is 12.9. The van der Waals surface area contributed by atoms with Crippen LogP contribution in [0.3, 0.4) is 0 Å². The van der Waals surface area contributed by atoms with Crippen molar-refractivity contribution in [2.24, 2.45) is 58.7 Å². The highest BCUT2D eigenvalue weighted by Crippen LogP contribution is 2.47. The van der Waals surface area contributed by atoms with Gasteiger partial charge < -0.3 is 29.2 Å². The number of rotatable bonds is 12. The Morgan fingerprint density at radius 1 is 0.729 bits per heavy atom. The zero-order valence-corrected chi connectivity index (χ0v) is 37.3. The molecule has 2 saturated heterocycles. The summed E-state index contributed by atoms with van der Waals surface area (Å²) in [6.45, 7) is 18.6. The number of aliphatic hydroxyl groups excluding tert-OH is 2. The summed E-state index contributed by atoms with van der Waals surface area (Å²) in [4.78, 5) is 48.8. The van der Waals surface area contributed by atoms with Crippen LogP contribution in [0.15, 0.2) is 47.6 Å². The van der Waals surface area contributed by atoms with E-state index in [4.69, 9.17) is 18.9 Å². The molecule has 2 aliphatic heterocycles. The van der Waals surface area contributed by atoms with Gasteiger partial charge in [-0.3, -0.25) is 19.2 Å². The average molecular weight is 823 g/mol. The van der Waals surface area contributed by atoms with Gasteiger partial charge in [0.05, 0.1) is 36.4 Å². The van der Waals surface area contributed by atoms with Gasteiger partial charge in [-0.05, 0) is 112 Å². The Kier molecular flexibility index (Phi) is 16.3. The van der Waals surface area contributed by atoms with Crippen LogP contribution in [0.4, 0.5) is 0 Å². The molecule has 0 aromatic carbocycles. The molecule has 0 aromatic rings. The average Bonchev–Trinajstić information content (AvgIpc) is 3.16. The topological polar surface area (TPSA) is 146 Å². The SMILES string of the molecule is CCC(C)(C)C(=O)O[C@H]1C[C@@H](C)C=C2C=C[C@H](C)[C@H](CC[C@@H]3C[C@H](O)CC(=O)O3)C21.CC[C@H](C)C(=O)O[C@H]1C[C@@H](C)C=C2C=C[C@H](C)[C@H](CC[C@@H]3C[C@H](O)CC(=O)O3)C21. The highest BCUT2D eigenvalue weighted by molar-refractivity contribution is 5.76. The summed E-state index contributed by atoms with van der Waals surface area (Å²) in [5, 5.41) is 19.8. The summed E-state index contributed by atoms with van der Waals surface area (Å²) in [5.41, 5.74) is 2.06. The van der Waals surface area contributed by atoms with E-state index in [2.05, 4.69) is 64.2 Å². The first kappa shape index (κ1) is 46.8. The van der Waals surface area contributed by atoms with Crippen molar-refractivity contribution in [1.29, 1.82) is 0 Å². The molecule has 2 heterocycles. The van der Waals surface area contributed by atoms with Gasteiger partial charge in [-0.15, -0.1) is 0 Å². The minimum absolute atomic E-state index is 0.0854. The molecular formula is C49H74O10. The lowest BCUT2D eigenvalue weighted by Crippen LogP contribution is -2.43. The predicted octanol–water partition coefficient (Wildman–Crippen LogP) is 8.78. The van der Waals surface area contributed by atoms with E-state index in [1.165, 1.54) is 11.1 Å². The van der Waals surface area contributed by atoms with Crippen molar-refractivity contribution in [1.82, 2.24) is 0 Å².